The van der Waals surface area contributed by atoms with Gasteiger partial charge in [-0.05, 0) is 39.5 Å². The molecule has 0 spiro atoms. The minimum absolute atomic E-state index is 0.173. The molecule has 0 bridgehead atoms. The Morgan fingerprint density at radius 2 is 1.88 bits per heavy atom. The Morgan fingerprint density at radius 3 is 2.25 bits per heavy atom. The van der Waals surface area contributed by atoms with Crippen LogP contribution in [0.3, 0.4) is 0 Å². The summed E-state index contributed by atoms with van der Waals surface area (Å²) in [6, 6.07) is 0. The first-order chi connectivity index (χ1) is 7.29. The Kier molecular flexibility index (Phi) is 4.65. The second-order valence-electron chi connectivity index (χ2n) is 5.48. The number of carbonyl (C=O) groups is 1. The number of carbonyl (C=O) groups excluding carboxylic acids is 1. The summed E-state index contributed by atoms with van der Waals surface area (Å²) in [6.07, 6.45) is 1.95. The zero-order valence-electron chi connectivity index (χ0n) is 10.6. The zero-order valence-corrected chi connectivity index (χ0v) is 12.2. The Labute approximate surface area is 107 Å². The van der Waals surface area contributed by atoms with E-state index in [1.165, 1.54) is 0 Å². The molecule has 0 saturated carbocycles. The van der Waals surface area contributed by atoms with Gasteiger partial charge in [0.2, 0.25) is 0 Å². The highest BCUT2D eigenvalue weighted by Gasteiger charge is 2.28. The van der Waals surface area contributed by atoms with E-state index >= 15 is 0 Å². The fraction of sp³-hybridized carbons (Fsp3) is 0.917. The summed E-state index contributed by atoms with van der Waals surface area (Å²) in [5.41, 5.74) is -0.392. The van der Waals surface area contributed by atoms with Gasteiger partial charge in [-0.25, -0.2) is 4.79 Å². The van der Waals surface area contributed by atoms with Crippen LogP contribution in [0.5, 0.6) is 0 Å². The minimum Gasteiger partial charge on any atom is -0.444 e. The van der Waals surface area contributed by atoms with Gasteiger partial charge in [-0.2, -0.15) is 0 Å². The summed E-state index contributed by atoms with van der Waals surface area (Å²) < 4.78 is 5.35. The van der Waals surface area contributed by atoms with Crippen LogP contribution in [0.15, 0.2) is 0 Å². The maximum Gasteiger partial charge on any atom is 0.410 e. The van der Waals surface area contributed by atoms with Crippen LogP contribution in [-0.2, 0) is 4.74 Å². The van der Waals surface area contributed by atoms with Crippen molar-refractivity contribution in [2.75, 3.05) is 13.1 Å². The third-order valence-corrected chi connectivity index (χ3v) is 3.59. The molecule has 0 aliphatic carbocycles. The van der Waals surface area contributed by atoms with E-state index in [0.29, 0.717) is 10.7 Å². The van der Waals surface area contributed by atoms with E-state index in [1.807, 2.05) is 25.7 Å². The molecule has 94 valence electrons. The van der Waals surface area contributed by atoms with Crippen molar-refractivity contribution in [3.8, 4) is 0 Å². The maximum absolute atomic E-state index is 11.8. The van der Waals surface area contributed by atoms with Crippen LogP contribution >= 0.6 is 15.9 Å². The van der Waals surface area contributed by atoms with Crippen LogP contribution in [0.4, 0.5) is 4.79 Å². The number of nitrogens with zero attached hydrogens (tertiary/aromatic N) is 1. The molecule has 0 aromatic rings. The summed E-state index contributed by atoms with van der Waals surface area (Å²) in [5, 5.41) is 0. The SMILES string of the molecule is C[C@H](Br)C1CCN(C(=O)OC(C)(C)C)CC1. The number of alkyl halides is 1. The molecule has 1 fully saturated rings. The fourth-order valence-corrected chi connectivity index (χ4v) is 2.40. The van der Waals surface area contributed by atoms with Gasteiger partial charge in [-0.15, -0.1) is 0 Å². The number of rotatable bonds is 1. The minimum atomic E-state index is -0.392. The summed E-state index contributed by atoms with van der Waals surface area (Å²) >= 11 is 3.61. The van der Waals surface area contributed by atoms with Crippen molar-refractivity contribution in [2.24, 2.45) is 5.92 Å². The van der Waals surface area contributed by atoms with Gasteiger partial charge in [0, 0.05) is 17.9 Å². The molecule has 0 aromatic heterocycles. The van der Waals surface area contributed by atoms with Crippen molar-refractivity contribution in [2.45, 2.75) is 51.0 Å². The number of piperidine rings is 1. The number of hydrogen-bond donors (Lipinski definition) is 0. The van der Waals surface area contributed by atoms with E-state index < -0.39 is 5.60 Å². The maximum atomic E-state index is 11.8. The second-order valence-corrected chi connectivity index (χ2v) is 6.93. The number of amides is 1. The van der Waals surface area contributed by atoms with Crippen molar-refractivity contribution in [1.82, 2.24) is 4.90 Å². The third kappa shape index (κ3) is 4.32. The number of hydrogen-bond acceptors (Lipinski definition) is 2. The predicted octanol–water partition coefficient (Wildman–Crippen LogP) is 3.42. The van der Waals surface area contributed by atoms with Gasteiger partial charge in [0.1, 0.15) is 5.60 Å². The van der Waals surface area contributed by atoms with E-state index in [0.717, 1.165) is 25.9 Å². The molecule has 16 heavy (non-hydrogen) atoms. The van der Waals surface area contributed by atoms with Gasteiger partial charge >= 0.3 is 6.09 Å². The Balaban J connectivity index is 2.39. The molecule has 1 heterocycles. The molecule has 3 nitrogen and oxygen atoms in total. The van der Waals surface area contributed by atoms with Gasteiger partial charge < -0.3 is 9.64 Å². The Morgan fingerprint density at radius 1 is 1.38 bits per heavy atom. The van der Waals surface area contributed by atoms with E-state index in [2.05, 4.69) is 22.9 Å². The van der Waals surface area contributed by atoms with Crippen LogP contribution in [-0.4, -0.2) is 34.5 Å². The smallest absolute Gasteiger partial charge is 0.410 e. The van der Waals surface area contributed by atoms with E-state index in [9.17, 15) is 4.79 Å². The molecule has 0 radical (unpaired) electrons. The summed E-state index contributed by atoms with van der Waals surface area (Å²) in [7, 11) is 0. The van der Waals surface area contributed by atoms with Crippen molar-refractivity contribution >= 4 is 22.0 Å². The number of halogens is 1. The van der Waals surface area contributed by atoms with Crippen molar-refractivity contribution in [3.63, 3.8) is 0 Å². The lowest BCUT2D eigenvalue weighted by atomic mass is 9.94. The van der Waals surface area contributed by atoms with Crippen molar-refractivity contribution in [3.05, 3.63) is 0 Å². The Bertz CT molecular complexity index is 240. The highest BCUT2D eigenvalue weighted by atomic mass is 79.9. The number of likely N-dealkylation sites (tertiary alicyclic amines) is 1. The van der Waals surface area contributed by atoms with Gasteiger partial charge in [0.15, 0.2) is 0 Å². The summed E-state index contributed by atoms with van der Waals surface area (Å²) in [4.78, 5) is 14.1. The van der Waals surface area contributed by atoms with Crippen molar-refractivity contribution < 1.29 is 9.53 Å². The average molecular weight is 292 g/mol. The highest BCUT2D eigenvalue weighted by Crippen LogP contribution is 2.25. The normalized spacial score (nSPS) is 20.7. The van der Waals surface area contributed by atoms with Gasteiger partial charge in [0.05, 0.1) is 0 Å². The van der Waals surface area contributed by atoms with Crippen LogP contribution in [0, 0.1) is 5.92 Å². The van der Waals surface area contributed by atoms with Crippen LogP contribution in [0.2, 0.25) is 0 Å². The fourth-order valence-electron chi connectivity index (χ4n) is 1.87. The lowest BCUT2D eigenvalue weighted by Gasteiger charge is -2.34. The zero-order chi connectivity index (χ0) is 12.3. The molecule has 1 rings (SSSR count). The molecule has 0 unspecified atom stereocenters. The third-order valence-electron chi connectivity index (χ3n) is 2.84. The highest BCUT2D eigenvalue weighted by molar-refractivity contribution is 9.09. The van der Waals surface area contributed by atoms with Gasteiger partial charge in [-0.1, -0.05) is 22.9 Å². The van der Waals surface area contributed by atoms with Gasteiger partial charge in [-0.3, -0.25) is 0 Å². The quantitative estimate of drug-likeness (QED) is 0.693. The Hall–Kier alpha value is -0.250. The molecule has 4 heteroatoms. The summed E-state index contributed by atoms with van der Waals surface area (Å²) in [5.74, 6) is 0.679. The molecule has 0 N–H and O–H groups in total. The first-order valence-corrected chi connectivity index (χ1v) is 6.83. The van der Waals surface area contributed by atoms with Gasteiger partial charge in [0.25, 0.3) is 0 Å². The van der Waals surface area contributed by atoms with E-state index in [-0.39, 0.29) is 6.09 Å². The second kappa shape index (κ2) is 5.39. The topological polar surface area (TPSA) is 29.5 Å². The predicted molar refractivity (Wildman–Crippen MR) is 68.9 cm³/mol. The molecule has 1 aliphatic heterocycles. The molecular weight excluding hydrogens is 270 g/mol. The first-order valence-electron chi connectivity index (χ1n) is 5.91. The number of ether oxygens (including phenoxy) is 1. The lowest BCUT2D eigenvalue weighted by Crippen LogP contribution is -2.42. The van der Waals surface area contributed by atoms with Crippen LogP contribution < -0.4 is 0 Å². The molecule has 1 amide bonds. The largest absolute Gasteiger partial charge is 0.444 e. The average Bonchev–Trinajstić information content (AvgIpc) is 2.15. The van der Waals surface area contributed by atoms with E-state index in [1.54, 1.807) is 0 Å². The van der Waals surface area contributed by atoms with Crippen LogP contribution in [0.1, 0.15) is 40.5 Å². The molecule has 1 atom stereocenters. The molecular formula is C12H22BrNO2. The summed E-state index contributed by atoms with van der Waals surface area (Å²) in [6.45, 7) is 9.51. The lowest BCUT2D eigenvalue weighted by molar-refractivity contribution is 0.0185. The molecule has 1 saturated heterocycles. The van der Waals surface area contributed by atoms with Crippen molar-refractivity contribution in [1.29, 1.82) is 0 Å². The molecule has 0 aromatic carbocycles. The van der Waals surface area contributed by atoms with Crippen LogP contribution in [0.25, 0.3) is 0 Å². The standard InChI is InChI=1S/C12H22BrNO2/c1-9(13)10-5-7-14(8-6-10)11(15)16-12(2,3)4/h9-10H,5-8H2,1-4H3/t9-/m0/s1. The first kappa shape index (κ1) is 13.8. The monoisotopic (exact) mass is 291 g/mol. The van der Waals surface area contributed by atoms with E-state index in [4.69, 9.17) is 4.74 Å². The molecule has 1 aliphatic rings.